The molecule has 0 aliphatic rings. The molecule has 2 rings (SSSR count). The Morgan fingerprint density at radius 2 is 1.85 bits per heavy atom. The van der Waals surface area contributed by atoms with Gasteiger partial charge in [-0.3, -0.25) is 10.1 Å². The van der Waals surface area contributed by atoms with E-state index in [4.69, 9.17) is 9.84 Å². The van der Waals surface area contributed by atoms with E-state index in [1.807, 2.05) is 0 Å². The Balaban J connectivity index is 2.34. The standard InChI is InChI=1S/C14H11NO5/c1-9-3-2-4-12(14(16)17)13(9)20-11-7-5-10(6-8-11)15(18)19/h2-8H,1H3,(H,16,17). The molecule has 2 aromatic rings. The summed E-state index contributed by atoms with van der Waals surface area (Å²) in [4.78, 5) is 21.2. The molecule has 0 aromatic heterocycles. The average molecular weight is 273 g/mol. The number of benzene rings is 2. The molecule has 20 heavy (non-hydrogen) atoms. The molecule has 0 fully saturated rings. The summed E-state index contributed by atoms with van der Waals surface area (Å²) in [6.45, 7) is 1.73. The van der Waals surface area contributed by atoms with Gasteiger partial charge in [0.25, 0.3) is 5.69 Å². The van der Waals surface area contributed by atoms with Gasteiger partial charge in [0, 0.05) is 12.1 Å². The summed E-state index contributed by atoms with van der Waals surface area (Å²) in [6.07, 6.45) is 0. The maximum absolute atomic E-state index is 11.1. The second-order valence-electron chi connectivity index (χ2n) is 4.11. The molecular weight excluding hydrogens is 262 g/mol. The fraction of sp³-hybridized carbons (Fsp3) is 0.0714. The van der Waals surface area contributed by atoms with Gasteiger partial charge in [-0.1, -0.05) is 12.1 Å². The van der Waals surface area contributed by atoms with Crippen molar-refractivity contribution in [2.75, 3.05) is 0 Å². The van der Waals surface area contributed by atoms with E-state index in [0.29, 0.717) is 11.3 Å². The highest BCUT2D eigenvalue weighted by Gasteiger charge is 2.14. The number of carboxylic acids is 1. The summed E-state index contributed by atoms with van der Waals surface area (Å²) in [5.74, 6) is -0.521. The number of nitrogens with zero attached hydrogens (tertiary/aromatic N) is 1. The Morgan fingerprint density at radius 1 is 1.20 bits per heavy atom. The minimum Gasteiger partial charge on any atom is -0.478 e. The van der Waals surface area contributed by atoms with Crippen LogP contribution in [0.25, 0.3) is 0 Å². The number of hydrogen-bond acceptors (Lipinski definition) is 4. The van der Waals surface area contributed by atoms with E-state index in [1.54, 1.807) is 19.1 Å². The number of carboxylic acid groups (broad SMARTS) is 1. The molecular formula is C14H11NO5. The number of non-ortho nitro benzene ring substituents is 1. The lowest BCUT2D eigenvalue weighted by Crippen LogP contribution is -2.01. The third-order valence-corrected chi connectivity index (χ3v) is 2.71. The predicted octanol–water partition coefficient (Wildman–Crippen LogP) is 3.39. The van der Waals surface area contributed by atoms with E-state index in [-0.39, 0.29) is 17.0 Å². The van der Waals surface area contributed by atoms with E-state index in [9.17, 15) is 14.9 Å². The van der Waals surface area contributed by atoms with Crippen LogP contribution in [0.4, 0.5) is 5.69 Å². The van der Waals surface area contributed by atoms with E-state index in [0.717, 1.165) is 0 Å². The third-order valence-electron chi connectivity index (χ3n) is 2.71. The van der Waals surface area contributed by atoms with Crippen molar-refractivity contribution in [2.24, 2.45) is 0 Å². The van der Waals surface area contributed by atoms with E-state index < -0.39 is 10.9 Å². The Kier molecular flexibility index (Phi) is 3.65. The van der Waals surface area contributed by atoms with Crippen molar-refractivity contribution < 1.29 is 19.6 Å². The molecule has 6 heteroatoms. The highest BCUT2D eigenvalue weighted by molar-refractivity contribution is 5.91. The van der Waals surface area contributed by atoms with Crippen LogP contribution in [-0.2, 0) is 0 Å². The van der Waals surface area contributed by atoms with Crippen molar-refractivity contribution >= 4 is 11.7 Å². The molecule has 0 atom stereocenters. The third kappa shape index (κ3) is 2.74. The number of hydrogen-bond donors (Lipinski definition) is 1. The van der Waals surface area contributed by atoms with Crippen LogP contribution in [-0.4, -0.2) is 16.0 Å². The molecule has 0 radical (unpaired) electrons. The number of rotatable bonds is 4. The van der Waals surface area contributed by atoms with Crippen molar-refractivity contribution in [3.8, 4) is 11.5 Å². The Bertz CT molecular complexity index is 664. The normalized spacial score (nSPS) is 10.1. The SMILES string of the molecule is Cc1cccc(C(=O)O)c1Oc1ccc([N+](=O)[O-])cc1. The lowest BCUT2D eigenvalue weighted by Gasteiger charge is -2.11. The lowest BCUT2D eigenvalue weighted by molar-refractivity contribution is -0.384. The number of carbonyl (C=O) groups is 1. The summed E-state index contributed by atoms with van der Waals surface area (Å²) in [5.41, 5.74) is 0.659. The molecule has 0 aliphatic heterocycles. The zero-order chi connectivity index (χ0) is 14.7. The first-order valence-electron chi connectivity index (χ1n) is 5.74. The predicted molar refractivity (Wildman–Crippen MR) is 71.3 cm³/mol. The molecule has 1 N–H and O–H groups in total. The Hall–Kier alpha value is -2.89. The molecule has 0 bridgehead atoms. The molecule has 0 heterocycles. The van der Waals surface area contributed by atoms with Crippen molar-refractivity contribution in [2.45, 2.75) is 6.92 Å². The first-order chi connectivity index (χ1) is 9.49. The Labute approximate surface area is 114 Å². The van der Waals surface area contributed by atoms with Gasteiger partial charge >= 0.3 is 5.97 Å². The summed E-state index contributed by atoms with van der Waals surface area (Å²) < 4.78 is 5.53. The Morgan fingerprint density at radius 3 is 2.40 bits per heavy atom. The monoisotopic (exact) mass is 273 g/mol. The topological polar surface area (TPSA) is 89.7 Å². The van der Waals surface area contributed by atoms with Crippen LogP contribution >= 0.6 is 0 Å². The van der Waals surface area contributed by atoms with Crippen molar-refractivity contribution in [1.82, 2.24) is 0 Å². The number of nitro benzene ring substituents is 1. The highest BCUT2D eigenvalue weighted by Crippen LogP contribution is 2.30. The van der Waals surface area contributed by atoms with Gasteiger partial charge in [0.15, 0.2) is 0 Å². The van der Waals surface area contributed by atoms with E-state index in [1.165, 1.54) is 30.3 Å². The van der Waals surface area contributed by atoms with Gasteiger partial charge in [0.05, 0.1) is 4.92 Å². The van der Waals surface area contributed by atoms with Gasteiger partial charge in [0.1, 0.15) is 17.1 Å². The van der Waals surface area contributed by atoms with E-state index >= 15 is 0 Å². The van der Waals surface area contributed by atoms with Crippen molar-refractivity contribution in [3.63, 3.8) is 0 Å². The van der Waals surface area contributed by atoms with Gasteiger partial charge in [-0.2, -0.15) is 0 Å². The minimum atomic E-state index is -1.09. The zero-order valence-corrected chi connectivity index (χ0v) is 10.6. The minimum absolute atomic E-state index is 0.0448. The molecule has 0 spiro atoms. The number of aryl methyl sites for hydroxylation is 1. The number of nitro groups is 1. The number of ether oxygens (including phenoxy) is 1. The zero-order valence-electron chi connectivity index (χ0n) is 10.6. The molecule has 0 saturated carbocycles. The van der Waals surface area contributed by atoms with Crippen LogP contribution in [0.2, 0.25) is 0 Å². The fourth-order valence-electron chi connectivity index (χ4n) is 1.71. The van der Waals surface area contributed by atoms with Crippen molar-refractivity contribution in [3.05, 3.63) is 63.7 Å². The van der Waals surface area contributed by atoms with Crippen LogP contribution in [0.15, 0.2) is 42.5 Å². The number of aromatic carboxylic acids is 1. The van der Waals surface area contributed by atoms with Gasteiger partial charge in [-0.15, -0.1) is 0 Å². The molecule has 2 aromatic carbocycles. The summed E-state index contributed by atoms with van der Waals surface area (Å²) in [5, 5.41) is 19.7. The second kappa shape index (κ2) is 5.40. The summed E-state index contributed by atoms with van der Waals surface area (Å²) in [7, 11) is 0. The maximum Gasteiger partial charge on any atom is 0.339 e. The first kappa shape index (κ1) is 13.5. The second-order valence-corrected chi connectivity index (χ2v) is 4.11. The highest BCUT2D eigenvalue weighted by atomic mass is 16.6. The largest absolute Gasteiger partial charge is 0.478 e. The van der Waals surface area contributed by atoms with Crippen LogP contribution in [0.1, 0.15) is 15.9 Å². The van der Waals surface area contributed by atoms with Gasteiger partial charge in [-0.05, 0) is 30.7 Å². The first-order valence-corrected chi connectivity index (χ1v) is 5.74. The van der Waals surface area contributed by atoms with Crippen LogP contribution in [0.3, 0.4) is 0 Å². The quantitative estimate of drug-likeness (QED) is 0.681. The van der Waals surface area contributed by atoms with Gasteiger partial charge in [-0.25, -0.2) is 4.79 Å². The van der Waals surface area contributed by atoms with Crippen molar-refractivity contribution in [1.29, 1.82) is 0 Å². The van der Waals surface area contributed by atoms with Gasteiger partial charge < -0.3 is 9.84 Å². The van der Waals surface area contributed by atoms with Crippen LogP contribution < -0.4 is 4.74 Å². The average Bonchev–Trinajstić information content (AvgIpc) is 2.41. The summed E-state index contributed by atoms with van der Waals surface area (Å²) >= 11 is 0. The molecule has 6 nitrogen and oxygen atoms in total. The summed E-state index contributed by atoms with van der Waals surface area (Å²) in [6, 6.07) is 10.2. The molecule has 0 saturated heterocycles. The van der Waals surface area contributed by atoms with Gasteiger partial charge in [0.2, 0.25) is 0 Å². The van der Waals surface area contributed by atoms with Crippen LogP contribution in [0, 0.1) is 17.0 Å². The fourth-order valence-corrected chi connectivity index (χ4v) is 1.71. The number of para-hydroxylation sites is 1. The molecule has 0 aliphatic carbocycles. The molecule has 0 unspecified atom stereocenters. The molecule has 102 valence electrons. The van der Waals surface area contributed by atoms with E-state index in [2.05, 4.69) is 0 Å². The smallest absolute Gasteiger partial charge is 0.339 e. The lowest BCUT2D eigenvalue weighted by atomic mass is 10.1. The maximum atomic E-state index is 11.1. The molecule has 0 amide bonds. The van der Waals surface area contributed by atoms with Crippen LogP contribution in [0.5, 0.6) is 11.5 Å².